The molecule has 1 fully saturated rings. The van der Waals surface area contributed by atoms with Gasteiger partial charge in [-0.25, -0.2) is 4.39 Å². The Bertz CT molecular complexity index is 141. The smallest absolute Gasteiger partial charge is 0.184 e. The molecule has 2 nitrogen and oxygen atoms in total. The summed E-state index contributed by atoms with van der Waals surface area (Å²) in [4.78, 5) is 10.6. The van der Waals surface area contributed by atoms with E-state index in [9.17, 15) is 9.18 Å². The van der Waals surface area contributed by atoms with Crippen LogP contribution in [0.15, 0.2) is 0 Å². The molecule has 11 heavy (non-hydrogen) atoms. The second-order valence-corrected chi connectivity index (χ2v) is 2.92. The predicted molar refractivity (Wildman–Crippen MR) is 39.2 cm³/mol. The molecule has 0 aromatic heterocycles. The Morgan fingerprint density at radius 2 is 2.36 bits per heavy atom. The molecular formula is C8H13FO2. The largest absolute Gasteiger partial charge is 0.375 e. The molecule has 3 heteroatoms. The first-order valence-corrected chi connectivity index (χ1v) is 3.98. The van der Waals surface area contributed by atoms with E-state index >= 15 is 0 Å². The molecule has 0 aromatic rings. The Hall–Kier alpha value is -0.440. The van der Waals surface area contributed by atoms with Crippen LogP contribution < -0.4 is 0 Å². The van der Waals surface area contributed by atoms with Crippen LogP contribution in [0.5, 0.6) is 0 Å². The molecule has 0 amide bonds. The Morgan fingerprint density at radius 3 is 2.82 bits per heavy atom. The average Bonchev–Trinajstić information content (AvgIpc) is 2.05. The topological polar surface area (TPSA) is 26.3 Å². The normalized spacial score (nSPS) is 28.0. The standard InChI is InChI=1S/C8H13FO2/c1-6(10)8(9)7-4-2-3-5-11-7/h7-8H,2-5H2,1H3. The zero-order valence-electron chi connectivity index (χ0n) is 6.68. The lowest BCUT2D eigenvalue weighted by Gasteiger charge is -2.23. The van der Waals surface area contributed by atoms with Crippen LogP contribution in [0.2, 0.25) is 0 Å². The number of hydrogen-bond acceptors (Lipinski definition) is 2. The van der Waals surface area contributed by atoms with Crippen molar-refractivity contribution in [3.8, 4) is 0 Å². The van der Waals surface area contributed by atoms with E-state index in [1.54, 1.807) is 0 Å². The highest BCUT2D eigenvalue weighted by atomic mass is 19.1. The van der Waals surface area contributed by atoms with Gasteiger partial charge in [0.15, 0.2) is 12.0 Å². The molecule has 0 radical (unpaired) electrons. The average molecular weight is 160 g/mol. The minimum atomic E-state index is -1.41. The fraction of sp³-hybridized carbons (Fsp3) is 0.875. The third kappa shape index (κ3) is 2.26. The fourth-order valence-electron chi connectivity index (χ4n) is 1.26. The van der Waals surface area contributed by atoms with Crippen LogP contribution in [0.25, 0.3) is 0 Å². The molecular weight excluding hydrogens is 147 g/mol. The van der Waals surface area contributed by atoms with Crippen LogP contribution in [-0.4, -0.2) is 24.7 Å². The van der Waals surface area contributed by atoms with Gasteiger partial charge in [-0.15, -0.1) is 0 Å². The Labute approximate surface area is 65.7 Å². The summed E-state index contributed by atoms with van der Waals surface area (Å²) in [6, 6.07) is 0. The van der Waals surface area contributed by atoms with Crippen molar-refractivity contribution in [3.05, 3.63) is 0 Å². The first-order chi connectivity index (χ1) is 5.22. The summed E-state index contributed by atoms with van der Waals surface area (Å²) < 4.78 is 18.0. The van der Waals surface area contributed by atoms with Crippen LogP contribution in [0, 0.1) is 0 Å². The second-order valence-electron chi connectivity index (χ2n) is 2.92. The van der Waals surface area contributed by atoms with Crippen molar-refractivity contribution in [2.45, 2.75) is 38.5 Å². The second kappa shape index (κ2) is 3.81. The van der Waals surface area contributed by atoms with Crippen LogP contribution in [0.4, 0.5) is 4.39 Å². The maximum Gasteiger partial charge on any atom is 0.184 e. The van der Waals surface area contributed by atoms with Crippen molar-refractivity contribution in [3.63, 3.8) is 0 Å². The van der Waals surface area contributed by atoms with Crippen molar-refractivity contribution in [1.82, 2.24) is 0 Å². The van der Waals surface area contributed by atoms with E-state index in [0.717, 1.165) is 12.8 Å². The zero-order chi connectivity index (χ0) is 8.27. The number of hydrogen-bond donors (Lipinski definition) is 0. The van der Waals surface area contributed by atoms with E-state index in [-0.39, 0.29) is 0 Å². The Kier molecular flexibility index (Phi) is 3.00. The van der Waals surface area contributed by atoms with Crippen LogP contribution >= 0.6 is 0 Å². The summed E-state index contributed by atoms with van der Waals surface area (Å²) in [5.41, 5.74) is 0. The number of ketones is 1. The lowest BCUT2D eigenvalue weighted by Crippen LogP contribution is -2.33. The lowest BCUT2D eigenvalue weighted by molar-refractivity contribution is -0.129. The van der Waals surface area contributed by atoms with Crippen molar-refractivity contribution in [2.24, 2.45) is 0 Å². The van der Waals surface area contributed by atoms with Crippen molar-refractivity contribution >= 4 is 5.78 Å². The van der Waals surface area contributed by atoms with Gasteiger partial charge >= 0.3 is 0 Å². The van der Waals surface area contributed by atoms with Crippen LogP contribution in [-0.2, 0) is 9.53 Å². The molecule has 1 rings (SSSR count). The lowest BCUT2D eigenvalue weighted by atomic mass is 10.0. The first kappa shape index (κ1) is 8.65. The monoisotopic (exact) mass is 160 g/mol. The summed E-state index contributed by atoms with van der Waals surface area (Å²) in [5, 5.41) is 0. The molecule has 0 saturated carbocycles. The zero-order valence-corrected chi connectivity index (χ0v) is 6.68. The highest BCUT2D eigenvalue weighted by Gasteiger charge is 2.27. The summed E-state index contributed by atoms with van der Waals surface area (Å²) in [5.74, 6) is -0.420. The Balaban J connectivity index is 2.38. The number of ether oxygens (including phenoxy) is 1. The van der Waals surface area contributed by atoms with Gasteiger partial charge in [-0.2, -0.15) is 0 Å². The number of carbonyl (C=O) groups excluding carboxylic acids is 1. The van der Waals surface area contributed by atoms with E-state index in [1.165, 1.54) is 6.92 Å². The van der Waals surface area contributed by atoms with Gasteiger partial charge in [0.25, 0.3) is 0 Å². The van der Waals surface area contributed by atoms with E-state index in [1.807, 2.05) is 0 Å². The molecule has 2 atom stereocenters. The Morgan fingerprint density at radius 1 is 1.64 bits per heavy atom. The third-order valence-electron chi connectivity index (χ3n) is 1.93. The van der Waals surface area contributed by atoms with Gasteiger partial charge in [-0.3, -0.25) is 4.79 Å². The summed E-state index contributed by atoms with van der Waals surface area (Å²) in [6.45, 7) is 1.86. The van der Waals surface area contributed by atoms with E-state index in [4.69, 9.17) is 4.74 Å². The molecule has 1 saturated heterocycles. The summed E-state index contributed by atoms with van der Waals surface area (Å²) in [6.07, 6.45) is 0.761. The molecule has 1 aliphatic heterocycles. The molecule has 0 aromatic carbocycles. The van der Waals surface area contributed by atoms with Crippen LogP contribution in [0.1, 0.15) is 26.2 Å². The maximum absolute atomic E-state index is 12.9. The number of carbonyl (C=O) groups is 1. The molecule has 1 aliphatic rings. The highest BCUT2D eigenvalue weighted by molar-refractivity contribution is 5.80. The van der Waals surface area contributed by atoms with Gasteiger partial charge in [0.1, 0.15) is 0 Å². The molecule has 0 N–H and O–H groups in total. The molecule has 0 bridgehead atoms. The minimum absolute atomic E-state index is 0.420. The van der Waals surface area contributed by atoms with Crippen LogP contribution in [0.3, 0.4) is 0 Å². The molecule has 64 valence electrons. The SMILES string of the molecule is CC(=O)C(F)C1CCCCO1. The maximum atomic E-state index is 12.9. The van der Waals surface area contributed by atoms with E-state index < -0.39 is 18.1 Å². The predicted octanol–water partition coefficient (Wildman–Crippen LogP) is 1.48. The first-order valence-electron chi connectivity index (χ1n) is 3.98. The van der Waals surface area contributed by atoms with Gasteiger partial charge in [-0.05, 0) is 26.2 Å². The minimum Gasteiger partial charge on any atom is -0.375 e. The van der Waals surface area contributed by atoms with Gasteiger partial charge in [-0.1, -0.05) is 0 Å². The number of halogens is 1. The number of rotatable bonds is 2. The summed E-state index contributed by atoms with van der Waals surface area (Å²) >= 11 is 0. The van der Waals surface area contributed by atoms with Gasteiger partial charge in [0.05, 0.1) is 6.10 Å². The van der Waals surface area contributed by atoms with E-state index in [2.05, 4.69) is 0 Å². The highest BCUT2D eigenvalue weighted by Crippen LogP contribution is 2.18. The number of alkyl halides is 1. The van der Waals surface area contributed by atoms with Gasteiger partial charge in [0.2, 0.25) is 0 Å². The molecule has 0 spiro atoms. The fourth-order valence-corrected chi connectivity index (χ4v) is 1.26. The molecule has 1 heterocycles. The quantitative estimate of drug-likeness (QED) is 0.611. The van der Waals surface area contributed by atoms with E-state index in [0.29, 0.717) is 13.0 Å². The van der Waals surface area contributed by atoms with Crippen molar-refractivity contribution < 1.29 is 13.9 Å². The number of Topliss-reactive ketones (excluding diaryl/α,β-unsaturated/α-hetero) is 1. The van der Waals surface area contributed by atoms with Crippen molar-refractivity contribution in [1.29, 1.82) is 0 Å². The molecule has 2 unspecified atom stereocenters. The summed E-state index contributed by atoms with van der Waals surface area (Å²) in [7, 11) is 0. The van der Waals surface area contributed by atoms with Crippen molar-refractivity contribution in [2.75, 3.05) is 6.61 Å². The molecule has 0 aliphatic carbocycles. The third-order valence-corrected chi connectivity index (χ3v) is 1.93. The van der Waals surface area contributed by atoms with Gasteiger partial charge < -0.3 is 4.74 Å². The van der Waals surface area contributed by atoms with Gasteiger partial charge in [0, 0.05) is 6.61 Å².